The molecule has 1 amide bonds. The molecule has 1 aliphatic heterocycles. The second-order valence-electron chi connectivity index (χ2n) is 2.91. The van der Waals surface area contributed by atoms with Gasteiger partial charge in [0.2, 0.25) is 6.41 Å². The summed E-state index contributed by atoms with van der Waals surface area (Å²) in [5, 5.41) is 20.6. The third kappa shape index (κ3) is 1.57. The molecule has 0 aliphatic carbocycles. The van der Waals surface area contributed by atoms with Gasteiger partial charge in [-0.1, -0.05) is 6.92 Å². The molecule has 1 rings (SSSR count). The fourth-order valence-corrected chi connectivity index (χ4v) is 1.32. The number of hydrogen-bond acceptors (Lipinski definition) is 4. The highest BCUT2D eigenvalue weighted by atomic mass is 16.5. The zero-order valence-electron chi connectivity index (χ0n) is 6.80. The van der Waals surface area contributed by atoms with Crippen LogP contribution in [0.1, 0.15) is 6.92 Å². The van der Waals surface area contributed by atoms with Crippen molar-refractivity contribution in [3.63, 3.8) is 0 Å². The van der Waals surface area contributed by atoms with Gasteiger partial charge in [0.25, 0.3) is 0 Å². The first-order valence-electron chi connectivity index (χ1n) is 3.84. The molecule has 4 atom stereocenters. The predicted octanol–water partition coefficient (Wildman–Crippen LogP) is -1.55. The average molecular weight is 175 g/mol. The summed E-state index contributed by atoms with van der Waals surface area (Å²) in [5.74, 6) is -0.188. The second kappa shape index (κ2) is 3.84. The van der Waals surface area contributed by atoms with Crippen LogP contribution in [0.5, 0.6) is 0 Å². The molecule has 0 aromatic heterocycles. The highest BCUT2D eigenvalue weighted by molar-refractivity contribution is 5.46. The summed E-state index contributed by atoms with van der Waals surface area (Å²) < 4.78 is 5.13. The monoisotopic (exact) mass is 175 g/mol. The number of rotatable bonds is 3. The Hall–Kier alpha value is -0.650. The van der Waals surface area contributed by atoms with Crippen LogP contribution in [0.4, 0.5) is 0 Å². The van der Waals surface area contributed by atoms with Crippen LogP contribution in [-0.2, 0) is 9.53 Å². The van der Waals surface area contributed by atoms with Crippen molar-refractivity contribution in [3.05, 3.63) is 0 Å². The zero-order valence-corrected chi connectivity index (χ0v) is 6.80. The van der Waals surface area contributed by atoms with Crippen LogP contribution in [0.15, 0.2) is 0 Å². The minimum Gasteiger partial charge on any atom is -0.394 e. The van der Waals surface area contributed by atoms with Crippen molar-refractivity contribution in [2.24, 2.45) is 5.92 Å². The number of carbonyl (C=O) groups excluding carboxylic acids is 1. The normalized spacial score (nSPS) is 41.2. The summed E-state index contributed by atoms with van der Waals surface area (Å²) in [6.07, 6.45) is -1.27. The molecule has 0 spiro atoms. The fraction of sp³-hybridized carbons (Fsp3) is 0.857. The Bertz CT molecular complexity index is 163. The Labute approximate surface area is 70.3 Å². The molecule has 0 aromatic carbocycles. The largest absolute Gasteiger partial charge is 0.394 e. The molecule has 0 bridgehead atoms. The first-order chi connectivity index (χ1) is 5.70. The van der Waals surface area contributed by atoms with Gasteiger partial charge >= 0.3 is 0 Å². The second-order valence-corrected chi connectivity index (χ2v) is 2.91. The number of carbonyl (C=O) groups is 1. The van der Waals surface area contributed by atoms with Crippen molar-refractivity contribution in [2.75, 3.05) is 6.61 Å². The van der Waals surface area contributed by atoms with Gasteiger partial charge in [-0.15, -0.1) is 0 Å². The molecule has 1 fully saturated rings. The number of aliphatic hydroxyl groups excluding tert-OH is 2. The molecular weight excluding hydrogens is 162 g/mol. The summed E-state index contributed by atoms with van der Waals surface area (Å²) in [5.41, 5.74) is 0. The van der Waals surface area contributed by atoms with Gasteiger partial charge in [-0.3, -0.25) is 4.79 Å². The summed E-state index contributed by atoms with van der Waals surface area (Å²) in [6.45, 7) is 1.52. The van der Waals surface area contributed by atoms with Gasteiger partial charge in [0.1, 0.15) is 12.3 Å². The maximum Gasteiger partial charge on any atom is 0.209 e. The number of aliphatic hydroxyl groups is 2. The Morgan fingerprint density at radius 1 is 1.67 bits per heavy atom. The number of amides is 1. The Balaban J connectivity index is 2.53. The van der Waals surface area contributed by atoms with Crippen LogP contribution in [-0.4, -0.2) is 41.7 Å². The molecule has 0 radical (unpaired) electrons. The third-order valence-electron chi connectivity index (χ3n) is 2.13. The van der Waals surface area contributed by atoms with Crippen molar-refractivity contribution in [2.45, 2.75) is 25.4 Å². The van der Waals surface area contributed by atoms with Gasteiger partial charge in [-0.2, -0.15) is 0 Å². The molecule has 12 heavy (non-hydrogen) atoms. The highest BCUT2D eigenvalue weighted by Gasteiger charge is 2.40. The minimum atomic E-state index is -0.715. The van der Waals surface area contributed by atoms with Crippen LogP contribution >= 0.6 is 0 Å². The molecule has 5 heteroatoms. The molecule has 4 unspecified atom stereocenters. The van der Waals surface area contributed by atoms with Crippen molar-refractivity contribution >= 4 is 6.41 Å². The quantitative estimate of drug-likeness (QED) is 0.454. The number of ether oxygens (including phenoxy) is 1. The van der Waals surface area contributed by atoms with E-state index >= 15 is 0 Å². The maximum atomic E-state index is 10.1. The summed E-state index contributed by atoms with van der Waals surface area (Å²) in [4.78, 5) is 10.1. The topological polar surface area (TPSA) is 78.8 Å². The summed E-state index contributed by atoms with van der Waals surface area (Å²) in [7, 11) is 0. The molecule has 70 valence electrons. The van der Waals surface area contributed by atoms with E-state index in [1.165, 1.54) is 0 Å². The molecule has 1 aliphatic rings. The van der Waals surface area contributed by atoms with Gasteiger partial charge in [-0.05, 0) is 0 Å². The van der Waals surface area contributed by atoms with E-state index in [0.29, 0.717) is 6.41 Å². The fourth-order valence-electron chi connectivity index (χ4n) is 1.32. The molecule has 0 aromatic rings. The molecule has 5 nitrogen and oxygen atoms in total. The van der Waals surface area contributed by atoms with Gasteiger partial charge in [0, 0.05) is 5.92 Å². The lowest BCUT2D eigenvalue weighted by atomic mass is 10.0. The number of nitrogens with one attached hydrogen (secondary N) is 1. The summed E-state index contributed by atoms with van der Waals surface area (Å²) in [6, 6.07) is 0. The van der Waals surface area contributed by atoms with E-state index in [1.807, 2.05) is 0 Å². The van der Waals surface area contributed by atoms with E-state index in [9.17, 15) is 9.90 Å². The molecule has 1 heterocycles. The van der Waals surface area contributed by atoms with Crippen LogP contribution in [0, 0.1) is 5.92 Å². The van der Waals surface area contributed by atoms with Crippen LogP contribution in [0.2, 0.25) is 0 Å². The van der Waals surface area contributed by atoms with E-state index < -0.39 is 18.4 Å². The van der Waals surface area contributed by atoms with Crippen LogP contribution in [0.3, 0.4) is 0 Å². The standard InChI is InChI=1S/C7H13NO4/c1-4-6(11)5(2-9)12-7(4)8-3-10/h3-7,9,11H,2H2,1H3,(H,8,10). The van der Waals surface area contributed by atoms with E-state index in [1.54, 1.807) is 6.92 Å². The van der Waals surface area contributed by atoms with E-state index in [-0.39, 0.29) is 12.5 Å². The third-order valence-corrected chi connectivity index (χ3v) is 2.13. The Morgan fingerprint density at radius 3 is 2.75 bits per heavy atom. The van der Waals surface area contributed by atoms with Crippen molar-refractivity contribution in [3.8, 4) is 0 Å². The lowest BCUT2D eigenvalue weighted by Gasteiger charge is -2.13. The molecule has 0 saturated carbocycles. The SMILES string of the molecule is CC1C(NC=O)OC(CO)C1O. The molecule has 3 N–H and O–H groups in total. The minimum absolute atomic E-state index is 0.188. The smallest absolute Gasteiger partial charge is 0.209 e. The first kappa shape index (κ1) is 9.44. The Morgan fingerprint density at radius 2 is 2.33 bits per heavy atom. The van der Waals surface area contributed by atoms with E-state index in [2.05, 4.69) is 5.32 Å². The van der Waals surface area contributed by atoms with Crippen molar-refractivity contribution < 1.29 is 19.7 Å². The van der Waals surface area contributed by atoms with Gasteiger partial charge in [-0.25, -0.2) is 0 Å². The van der Waals surface area contributed by atoms with Crippen LogP contribution < -0.4 is 5.32 Å². The first-order valence-corrected chi connectivity index (χ1v) is 3.84. The van der Waals surface area contributed by atoms with Gasteiger partial charge < -0.3 is 20.3 Å². The van der Waals surface area contributed by atoms with E-state index in [4.69, 9.17) is 9.84 Å². The lowest BCUT2D eigenvalue weighted by molar-refractivity contribution is -0.114. The number of hydrogen-bond donors (Lipinski definition) is 3. The maximum absolute atomic E-state index is 10.1. The van der Waals surface area contributed by atoms with E-state index in [0.717, 1.165) is 0 Å². The van der Waals surface area contributed by atoms with Crippen LogP contribution in [0.25, 0.3) is 0 Å². The average Bonchev–Trinajstić information content (AvgIpc) is 2.33. The van der Waals surface area contributed by atoms with Gasteiger partial charge in [0.15, 0.2) is 0 Å². The van der Waals surface area contributed by atoms with Crippen molar-refractivity contribution in [1.29, 1.82) is 0 Å². The predicted molar refractivity (Wildman–Crippen MR) is 40.1 cm³/mol. The lowest BCUT2D eigenvalue weighted by Crippen LogP contribution is -2.33. The Kier molecular flexibility index (Phi) is 3.02. The molecular formula is C7H13NO4. The van der Waals surface area contributed by atoms with Gasteiger partial charge in [0.05, 0.1) is 12.7 Å². The molecule has 1 saturated heterocycles. The highest BCUT2D eigenvalue weighted by Crippen LogP contribution is 2.24. The zero-order chi connectivity index (χ0) is 9.14. The van der Waals surface area contributed by atoms with Crippen molar-refractivity contribution in [1.82, 2.24) is 5.32 Å². The summed E-state index contributed by atoms with van der Waals surface area (Å²) >= 11 is 0.